The van der Waals surface area contributed by atoms with E-state index in [1.807, 2.05) is 21.1 Å². The molecular formula is C50H94NO7P. The number of ether oxygens (including phenoxy) is 2. The zero-order valence-electron chi connectivity index (χ0n) is 39.2. The van der Waals surface area contributed by atoms with Crippen LogP contribution < -0.4 is 4.89 Å². The first-order valence-corrected chi connectivity index (χ1v) is 25.8. The molecule has 0 aliphatic rings. The van der Waals surface area contributed by atoms with Crippen molar-refractivity contribution in [3.8, 4) is 0 Å². The Morgan fingerprint density at radius 1 is 0.542 bits per heavy atom. The highest BCUT2D eigenvalue weighted by Gasteiger charge is 2.20. The van der Waals surface area contributed by atoms with E-state index in [1.165, 1.54) is 116 Å². The van der Waals surface area contributed by atoms with Crippen LogP contribution in [0.5, 0.6) is 0 Å². The van der Waals surface area contributed by atoms with Crippen LogP contribution in [0.3, 0.4) is 0 Å². The minimum Gasteiger partial charge on any atom is -0.756 e. The minimum atomic E-state index is -4.53. The summed E-state index contributed by atoms with van der Waals surface area (Å²) in [5, 5.41) is 0. The number of nitrogens with zero attached hydrogens (tertiary/aromatic N) is 1. The zero-order valence-corrected chi connectivity index (χ0v) is 40.1. The lowest BCUT2D eigenvalue weighted by molar-refractivity contribution is -0.870. The molecule has 0 aliphatic heterocycles. The molecule has 0 fully saturated rings. The predicted octanol–water partition coefficient (Wildman–Crippen LogP) is 14.1. The molecule has 0 aromatic rings. The maximum absolute atomic E-state index is 12.7. The van der Waals surface area contributed by atoms with Crippen molar-refractivity contribution in [3.63, 3.8) is 0 Å². The Morgan fingerprint density at radius 3 is 1.47 bits per heavy atom. The van der Waals surface area contributed by atoms with E-state index < -0.39 is 13.9 Å². The van der Waals surface area contributed by atoms with Gasteiger partial charge in [-0.2, -0.15) is 0 Å². The SMILES string of the molecule is CC/C=C\C/C=C\C/C=C\C/C=C\CCCCCCCCCOCC(COP(=O)([O-])OCC[N+](C)(C)C)OC(=O)CCCCCCCCCCCCCCCCCCC. The summed E-state index contributed by atoms with van der Waals surface area (Å²) >= 11 is 0. The average molecular weight is 852 g/mol. The Kier molecular flexibility index (Phi) is 42.0. The minimum absolute atomic E-state index is 0.0236. The van der Waals surface area contributed by atoms with Crippen LogP contribution in [0.1, 0.15) is 206 Å². The molecule has 59 heavy (non-hydrogen) atoms. The van der Waals surface area contributed by atoms with E-state index in [1.54, 1.807) is 0 Å². The number of hydrogen-bond donors (Lipinski definition) is 0. The second-order valence-electron chi connectivity index (χ2n) is 17.4. The second-order valence-corrected chi connectivity index (χ2v) is 18.9. The van der Waals surface area contributed by atoms with Gasteiger partial charge in [0.05, 0.1) is 34.4 Å². The Balaban J connectivity index is 4.18. The summed E-state index contributed by atoms with van der Waals surface area (Å²) in [6.45, 7) is 5.30. The lowest BCUT2D eigenvalue weighted by atomic mass is 10.0. The summed E-state index contributed by atoms with van der Waals surface area (Å²) in [5.74, 6) is -0.336. The van der Waals surface area contributed by atoms with Crippen LogP contribution in [0.4, 0.5) is 0 Å². The van der Waals surface area contributed by atoms with Gasteiger partial charge in [-0.1, -0.05) is 197 Å². The fraction of sp³-hybridized carbons (Fsp3) is 0.820. The van der Waals surface area contributed by atoms with Gasteiger partial charge in [0.1, 0.15) is 19.3 Å². The Labute approximate surface area is 365 Å². The highest BCUT2D eigenvalue weighted by Crippen LogP contribution is 2.38. The first kappa shape index (κ1) is 57.5. The van der Waals surface area contributed by atoms with E-state index >= 15 is 0 Å². The monoisotopic (exact) mass is 852 g/mol. The van der Waals surface area contributed by atoms with Gasteiger partial charge in [-0.25, -0.2) is 0 Å². The van der Waals surface area contributed by atoms with Crippen LogP contribution in [0.2, 0.25) is 0 Å². The van der Waals surface area contributed by atoms with Crippen LogP contribution in [-0.4, -0.2) is 70.7 Å². The zero-order chi connectivity index (χ0) is 43.4. The topological polar surface area (TPSA) is 94.1 Å². The summed E-state index contributed by atoms with van der Waals surface area (Å²) in [6.07, 6.45) is 52.7. The molecule has 9 heteroatoms. The van der Waals surface area contributed by atoms with Crippen molar-refractivity contribution in [1.29, 1.82) is 0 Å². The van der Waals surface area contributed by atoms with Gasteiger partial charge < -0.3 is 27.9 Å². The van der Waals surface area contributed by atoms with Crippen LogP contribution in [0, 0.1) is 0 Å². The molecule has 0 aliphatic carbocycles. The average Bonchev–Trinajstić information content (AvgIpc) is 3.19. The molecule has 0 rings (SSSR count). The van der Waals surface area contributed by atoms with Gasteiger partial charge in [-0.05, 0) is 51.4 Å². The van der Waals surface area contributed by atoms with E-state index in [2.05, 4.69) is 62.5 Å². The van der Waals surface area contributed by atoms with Gasteiger partial charge in [0.2, 0.25) is 0 Å². The molecule has 0 heterocycles. The maximum Gasteiger partial charge on any atom is 0.306 e. The number of likely N-dealkylation sites (N-methyl/N-ethyl adjacent to an activating group) is 1. The van der Waals surface area contributed by atoms with Crippen LogP contribution in [0.15, 0.2) is 48.6 Å². The van der Waals surface area contributed by atoms with E-state index in [4.69, 9.17) is 18.5 Å². The van der Waals surface area contributed by atoms with Gasteiger partial charge >= 0.3 is 5.97 Å². The third-order valence-corrected chi connectivity index (χ3v) is 11.4. The van der Waals surface area contributed by atoms with E-state index in [9.17, 15) is 14.3 Å². The molecule has 0 N–H and O–H groups in total. The van der Waals surface area contributed by atoms with Gasteiger partial charge in [0.15, 0.2) is 0 Å². The summed E-state index contributed by atoms with van der Waals surface area (Å²) in [7, 11) is 1.35. The molecule has 0 saturated heterocycles. The van der Waals surface area contributed by atoms with E-state index in [-0.39, 0.29) is 25.8 Å². The number of carbonyl (C=O) groups excluding carboxylic acids is 1. The lowest BCUT2D eigenvalue weighted by Crippen LogP contribution is -2.37. The maximum atomic E-state index is 12.7. The largest absolute Gasteiger partial charge is 0.756 e. The summed E-state index contributed by atoms with van der Waals surface area (Å²) in [5.41, 5.74) is 0. The molecule has 0 radical (unpaired) electrons. The van der Waals surface area contributed by atoms with Crippen molar-refractivity contribution in [3.05, 3.63) is 48.6 Å². The molecule has 0 aromatic heterocycles. The smallest absolute Gasteiger partial charge is 0.306 e. The molecule has 0 saturated carbocycles. The number of esters is 1. The van der Waals surface area contributed by atoms with E-state index in [0.717, 1.165) is 70.6 Å². The van der Waals surface area contributed by atoms with Crippen molar-refractivity contribution >= 4 is 13.8 Å². The van der Waals surface area contributed by atoms with Crippen molar-refractivity contribution < 1.29 is 37.3 Å². The van der Waals surface area contributed by atoms with Gasteiger partial charge in [0.25, 0.3) is 7.82 Å². The van der Waals surface area contributed by atoms with Crippen LogP contribution in [-0.2, 0) is 27.9 Å². The van der Waals surface area contributed by atoms with E-state index in [0.29, 0.717) is 24.1 Å². The molecule has 0 aromatic carbocycles. The molecule has 2 atom stereocenters. The van der Waals surface area contributed by atoms with Crippen molar-refractivity contribution in [2.24, 2.45) is 0 Å². The van der Waals surface area contributed by atoms with Gasteiger partial charge in [-0.15, -0.1) is 0 Å². The first-order chi connectivity index (χ1) is 28.6. The summed E-state index contributed by atoms with van der Waals surface area (Å²) in [6, 6.07) is 0. The first-order valence-electron chi connectivity index (χ1n) is 24.4. The fourth-order valence-corrected chi connectivity index (χ4v) is 7.38. The fourth-order valence-electron chi connectivity index (χ4n) is 6.66. The van der Waals surface area contributed by atoms with Crippen LogP contribution in [0.25, 0.3) is 0 Å². The highest BCUT2D eigenvalue weighted by molar-refractivity contribution is 7.45. The van der Waals surface area contributed by atoms with Crippen molar-refractivity contribution in [1.82, 2.24) is 0 Å². The molecule has 0 amide bonds. The number of phosphoric acid groups is 1. The highest BCUT2D eigenvalue weighted by atomic mass is 31.2. The summed E-state index contributed by atoms with van der Waals surface area (Å²) < 4.78 is 34.7. The molecule has 346 valence electrons. The summed E-state index contributed by atoms with van der Waals surface area (Å²) in [4.78, 5) is 25.1. The standard InChI is InChI=1S/C50H94NO7P/c1-6-8-10-12-14-16-18-20-22-24-25-26-28-30-32-34-36-38-40-42-45-55-47-49(48-57-59(53,54)56-46-44-51(3,4)5)58-50(52)43-41-39-37-35-33-31-29-27-23-21-19-17-15-13-11-9-7-2/h8,10,14,16,20,22,25-26,49H,6-7,9,11-13,15,17-19,21,23-24,27-48H2,1-5H3/b10-8-,16-14-,22-20-,26-25-. The lowest BCUT2D eigenvalue weighted by Gasteiger charge is -2.28. The number of phosphoric ester groups is 1. The van der Waals surface area contributed by atoms with Crippen molar-refractivity contribution in [2.45, 2.75) is 213 Å². The normalized spacial score (nSPS) is 14.1. The molecule has 8 nitrogen and oxygen atoms in total. The molecular weight excluding hydrogens is 758 g/mol. The number of quaternary nitrogens is 1. The number of carbonyl (C=O) groups is 1. The Hall–Kier alpha value is -1.54. The molecule has 0 bridgehead atoms. The number of allylic oxidation sites excluding steroid dienone is 8. The van der Waals surface area contributed by atoms with Gasteiger partial charge in [0, 0.05) is 13.0 Å². The quantitative estimate of drug-likeness (QED) is 0.0198. The predicted molar refractivity (Wildman–Crippen MR) is 250 cm³/mol. The molecule has 2 unspecified atom stereocenters. The third kappa shape index (κ3) is 47.4. The Morgan fingerprint density at radius 2 is 0.983 bits per heavy atom. The number of rotatable bonds is 45. The van der Waals surface area contributed by atoms with Crippen LogP contribution >= 0.6 is 7.82 Å². The number of hydrogen-bond acceptors (Lipinski definition) is 7. The third-order valence-electron chi connectivity index (χ3n) is 10.4. The Bertz CT molecular complexity index is 1080. The molecule has 0 spiro atoms. The number of unbranched alkanes of at least 4 members (excludes halogenated alkanes) is 23. The second kappa shape index (κ2) is 43.1. The van der Waals surface area contributed by atoms with Crippen molar-refractivity contribution in [2.75, 3.05) is 54.1 Å². The van der Waals surface area contributed by atoms with Gasteiger partial charge in [-0.3, -0.25) is 9.36 Å².